The molecule has 13 aromatic rings. The smallest absolute Gasteiger partial charge is 0.248 e. The highest BCUT2D eigenvalue weighted by molar-refractivity contribution is 7.26. The number of thiophene rings is 1. The van der Waals surface area contributed by atoms with E-state index in [0.717, 1.165) is 77.5 Å². The fourth-order valence-electron chi connectivity index (χ4n) is 10.9. The highest BCUT2D eigenvalue weighted by atomic mass is 32.1. The molecule has 0 unspecified atom stereocenters. The zero-order valence-corrected chi connectivity index (χ0v) is 32.6. The van der Waals surface area contributed by atoms with E-state index in [1.54, 1.807) is 0 Å². The molecule has 0 radical (unpaired) electrons. The quantitative estimate of drug-likeness (QED) is 0.164. The molecule has 6 heterocycles. The fraction of sp³-hybridized carbons (Fsp3) is 0. The normalized spacial score (nSPS) is 13.3. The molecule has 9 aromatic carbocycles. The van der Waals surface area contributed by atoms with Gasteiger partial charge in [-0.25, -0.2) is 0 Å². The van der Waals surface area contributed by atoms with Crippen LogP contribution in [0.15, 0.2) is 183 Å². The van der Waals surface area contributed by atoms with Crippen LogP contribution in [0, 0.1) is 0 Å². The van der Waals surface area contributed by atoms with Crippen LogP contribution in [-0.4, -0.2) is 6.71 Å². The Morgan fingerprint density at radius 2 is 1.00 bits per heavy atom. The average molecular weight is 782 g/mol. The molecule has 2 aliphatic heterocycles. The predicted octanol–water partition coefficient (Wildman–Crippen LogP) is 13.7. The molecule has 60 heavy (non-hydrogen) atoms. The lowest BCUT2D eigenvalue weighted by molar-refractivity contribution is 0.668. The van der Waals surface area contributed by atoms with Gasteiger partial charge in [0, 0.05) is 47.4 Å². The van der Waals surface area contributed by atoms with Crippen LogP contribution in [0.1, 0.15) is 0 Å². The summed E-state index contributed by atoms with van der Waals surface area (Å²) in [5.41, 5.74) is 17.4. The van der Waals surface area contributed by atoms with Crippen LogP contribution in [-0.2, 0) is 0 Å². The number of fused-ring (bicyclic) bond motifs is 19. The van der Waals surface area contributed by atoms with Gasteiger partial charge in [-0.2, -0.15) is 0 Å². The highest BCUT2D eigenvalue weighted by Gasteiger charge is 2.45. The number of furan rings is 3. The summed E-state index contributed by atoms with van der Waals surface area (Å²) in [4.78, 5) is 2.55. The van der Waals surface area contributed by atoms with Gasteiger partial charge in [-0.3, -0.25) is 0 Å². The summed E-state index contributed by atoms with van der Waals surface area (Å²) in [5.74, 6) is 0. The first-order valence-corrected chi connectivity index (χ1v) is 21.3. The van der Waals surface area contributed by atoms with E-state index in [2.05, 4.69) is 175 Å². The first-order chi connectivity index (χ1) is 29.8. The highest BCUT2D eigenvalue weighted by Crippen LogP contribution is 2.52. The van der Waals surface area contributed by atoms with Crippen molar-refractivity contribution >= 4 is 137 Å². The minimum absolute atomic E-state index is 0.0261. The first-order valence-electron chi connectivity index (χ1n) is 20.4. The second-order valence-electron chi connectivity index (χ2n) is 16.2. The largest absolute Gasteiger partial charge is 0.456 e. The molecule has 0 spiro atoms. The zero-order valence-electron chi connectivity index (χ0n) is 31.8. The lowest BCUT2D eigenvalue weighted by atomic mass is 9.37. The monoisotopic (exact) mass is 781 g/mol. The van der Waals surface area contributed by atoms with E-state index in [0.29, 0.717) is 0 Å². The zero-order chi connectivity index (χ0) is 38.8. The SMILES string of the molecule is c1ccc2c(c1)oc1cccc(N3c4cc(-c5cccc6c5sc5ccccc56)cc5c4B(c4ccc6oc7ccccc7c6c4-5)c4ccc5oc6ccccc6c5c43)c12. The van der Waals surface area contributed by atoms with Crippen molar-refractivity contribution in [3.8, 4) is 22.3 Å². The summed E-state index contributed by atoms with van der Waals surface area (Å²) >= 11 is 1.88. The van der Waals surface area contributed by atoms with Gasteiger partial charge in [0.2, 0.25) is 6.71 Å². The third-order valence-corrected chi connectivity index (χ3v) is 14.5. The molecule has 0 saturated carbocycles. The van der Waals surface area contributed by atoms with Gasteiger partial charge in [0.15, 0.2) is 0 Å². The number of para-hydroxylation sites is 3. The number of nitrogens with zero attached hydrogens (tertiary/aromatic N) is 1. The van der Waals surface area contributed by atoms with Crippen molar-refractivity contribution in [2.24, 2.45) is 0 Å². The maximum Gasteiger partial charge on any atom is 0.248 e. The standard InChI is InChI=1S/C54H28BNO3S/c1-5-18-41-33(12-1)49-39(17-10-21-44(49)57-41)56-40-28-29(30-15-9-16-32-31-11-4-8-22-47(31)60-54(30)32)27-36-48-37(23-25-45-50(48)34-13-2-6-19-42(34)58-45)55(52(36)40)38-24-26-46-51(53(38)56)35-14-3-7-20-43(35)59-46/h1-28H. The Labute approximate surface area is 346 Å². The minimum Gasteiger partial charge on any atom is -0.456 e. The van der Waals surface area contributed by atoms with Crippen LogP contribution >= 0.6 is 11.3 Å². The van der Waals surface area contributed by atoms with Crippen LogP contribution in [0.4, 0.5) is 17.1 Å². The van der Waals surface area contributed by atoms with E-state index >= 15 is 0 Å². The molecule has 4 nitrogen and oxygen atoms in total. The van der Waals surface area contributed by atoms with Crippen LogP contribution < -0.4 is 21.3 Å². The van der Waals surface area contributed by atoms with Crippen LogP contribution in [0.5, 0.6) is 0 Å². The van der Waals surface area contributed by atoms with Crippen molar-refractivity contribution < 1.29 is 13.3 Å². The van der Waals surface area contributed by atoms with E-state index in [4.69, 9.17) is 13.3 Å². The summed E-state index contributed by atoms with van der Waals surface area (Å²) in [6.45, 7) is -0.0261. The summed E-state index contributed by atoms with van der Waals surface area (Å²) < 4.78 is 22.5. The third kappa shape index (κ3) is 3.88. The van der Waals surface area contributed by atoms with E-state index in [9.17, 15) is 0 Å². The molecule has 0 N–H and O–H groups in total. The number of hydrogen-bond donors (Lipinski definition) is 0. The molecule has 15 rings (SSSR count). The first kappa shape index (κ1) is 31.5. The molecule has 0 amide bonds. The Hall–Kier alpha value is -7.54. The Bertz CT molecular complexity index is 4050. The molecule has 276 valence electrons. The maximum absolute atomic E-state index is 6.69. The average Bonchev–Trinajstić information content (AvgIpc) is 4.11. The molecule has 6 heteroatoms. The molecule has 0 aliphatic carbocycles. The number of anilines is 3. The number of hydrogen-bond acceptors (Lipinski definition) is 5. The summed E-state index contributed by atoms with van der Waals surface area (Å²) in [5, 5.41) is 9.28. The van der Waals surface area contributed by atoms with Crippen LogP contribution in [0.25, 0.3) is 108 Å². The molecular formula is C54H28BNO3S. The van der Waals surface area contributed by atoms with Crippen molar-refractivity contribution in [1.29, 1.82) is 0 Å². The molecule has 2 aliphatic rings. The van der Waals surface area contributed by atoms with E-state index in [1.165, 1.54) is 64.2 Å². The van der Waals surface area contributed by atoms with Crippen molar-refractivity contribution in [3.05, 3.63) is 170 Å². The molecule has 0 bridgehead atoms. The Kier molecular flexibility index (Phi) is 5.84. The predicted molar refractivity (Wildman–Crippen MR) is 251 cm³/mol. The van der Waals surface area contributed by atoms with Gasteiger partial charge in [-0.05, 0) is 93.8 Å². The van der Waals surface area contributed by atoms with Gasteiger partial charge in [0.25, 0.3) is 0 Å². The van der Waals surface area contributed by atoms with E-state index in [1.807, 2.05) is 11.3 Å². The summed E-state index contributed by atoms with van der Waals surface area (Å²) in [6, 6.07) is 61.4. The van der Waals surface area contributed by atoms with E-state index < -0.39 is 0 Å². The molecule has 4 aromatic heterocycles. The van der Waals surface area contributed by atoms with Crippen molar-refractivity contribution in [2.75, 3.05) is 4.90 Å². The second kappa shape index (κ2) is 11.1. The number of benzene rings is 9. The van der Waals surface area contributed by atoms with Gasteiger partial charge in [0.05, 0.1) is 22.1 Å². The third-order valence-electron chi connectivity index (χ3n) is 13.3. The Balaban J connectivity index is 1.16. The lowest BCUT2D eigenvalue weighted by Gasteiger charge is -2.37. The number of rotatable bonds is 2. The van der Waals surface area contributed by atoms with Gasteiger partial charge < -0.3 is 18.2 Å². The molecule has 0 saturated heterocycles. The minimum atomic E-state index is -0.0261. The van der Waals surface area contributed by atoms with Crippen molar-refractivity contribution in [3.63, 3.8) is 0 Å². The fourth-order valence-corrected chi connectivity index (χ4v) is 12.1. The maximum atomic E-state index is 6.69. The van der Waals surface area contributed by atoms with Crippen LogP contribution in [0.3, 0.4) is 0 Å². The lowest BCUT2D eigenvalue weighted by Crippen LogP contribution is -2.54. The Morgan fingerprint density at radius 3 is 1.77 bits per heavy atom. The Morgan fingerprint density at radius 1 is 0.417 bits per heavy atom. The van der Waals surface area contributed by atoms with Gasteiger partial charge in [-0.1, -0.05) is 115 Å². The van der Waals surface area contributed by atoms with Crippen molar-refractivity contribution in [2.45, 2.75) is 0 Å². The van der Waals surface area contributed by atoms with Gasteiger partial charge >= 0.3 is 0 Å². The van der Waals surface area contributed by atoms with Crippen molar-refractivity contribution in [1.82, 2.24) is 0 Å². The topological polar surface area (TPSA) is 42.7 Å². The molecule has 0 fully saturated rings. The van der Waals surface area contributed by atoms with Gasteiger partial charge in [0.1, 0.15) is 33.5 Å². The second-order valence-corrected chi connectivity index (χ2v) is 17.3. The van der Waals surface area contributed by atoms with Crippen LogP contribution in [0.2, 0.25) is 0 Å². The molecular weight excluding hydrogens is 753 g/mol. The van der Waals surface area contributed by atoms with E-state index in [-0.39, 0.29) is 6.71 Å². The summed E-state index contributed by atoms with van der Waals surface area (Å²) in [7, 11) is 0. The summed E-state index contributed by atoms with van der Waals surface area (Å²) in [6.07, 6.45) is 0. The molecule has 0 atom stereocenters. The van der Waals surface area contributed by atoms with Gasteiger partial charge in [-0.15, -0.1) is 11.3 Å².